The zero-order valence-corrected chi connectivity index (χ0v) is 11.0. The third-order valence-corrected chi connectivity index (χ3v) is 3.06. The molecule has 1 N–H and O–H groups in total. The molecule has 0 aromatic heterocycles. The standard InChI is InChI=1S/C13H28N2O/c1-3-14-8-4-5-9-15(2)10-11-16-12-13-6-7-13/h13-14H,3-12H2,1-2H3. The molecule has 0 unspecified atom stereocenters. The second-order valence-electron chi connectivity index (χ2n) is 4.88. The first-order chi connectivity index (χ1) is 7.83. The van der Waals surface area contributed by atoms with Gasteiger partial charge in [-0.05, 0) is 58.3 Å². The van der Waals surface area contributed by atoms with Crippen molar-refractivity contribution in [2.45, 2.75) is 32.6 Å². The molecule has 1 fully saturated rings. The Morgan fingerprint density at radius 1 is 1.25 bits per heavy atom. The quantitative estimate of drug-likeness (QED) is 0.545. The van der Waals surface area contributed by atoms with Crippen molar-refractivity contribution in [3.05, 3.63) is 0 Å². The van der Waals surface area contributed by atoms with Gasteiger partial charge in [-0.3, -0.25) is 0 Å². The summed E-state index contributed by atoms with van der Waals surface area (Å²) in [6.45, 7) is 8.57. The van der Waals surface area contributed by atoms with E-state index in [9.17, 15) is 0 Å². The molecule has 0 radical (unpaired) electrons. The lowest BCUT2D eigenvalue weighted by molar-refractivity contribution is 0.103. The number of hydrogen-bond acceptors (Lipinski definition) is 3. The lowest BCUT2D eigenvalue weighted by atomic mass is 10.3. The Labute approximate surface area is 101 Å². The molecule has 1 rings (SSSR count). The van der Waals surface area contributed by atoms with E-state index in [4.69, 9.17) is 4.74 Å². The molecule has 3 nitrogen and oxygen atoms in total. The highest BCUT2D eigenvalue weighted by atomic mass is 16.5. The maximum Gasteiger partial charge on any atom is 0.0593 e. The number of hydrogen-bond donors (Lipinski definition) is 1. The fourth-order valence-corrected chi connectivity index (χ4v) is 1.68. The molecule has 0 atom stereocenters. The summed E-state index contributed by atoms with van der Waals surface area (Å²) < 4.78 is 5.62. The van der Waals surface area contributed by atoms with Crippen molar-refractivity contribution in [3.63, 3.8) is 0 Å². The highest BCUT2D eigenvalue weighted by Gasteiger charge is 2.20. The van der Waals surface area contributed by atoms with Crippen LogP contribution >= 0.6 is 0 Å². The SMILES string of the molecule is CCNCCCCN(C)CCOCC1CC1. The summed E-state index contributed by atoms with van der Waals surface area (Å²) in [5.74, 6) is 0.894. The Morgan fingerprint density at radius 2 is 2.06 bits per heavy atom. The average Bonchev–Trinajstić information content (AvgIpc) is 3.08. The van der Waals surface area contributed by atoms with Gasteiger partial charge in [-0.1, -0.05) is 6.92 Å². The normalized spacial score (nSPS) is 15.9. The van der Waals surface area contributed by atoms with E-state index in [-0.39, 0.29) is 0 Å². The largest absolute Gasteiger partial charge is 0.380 e. The van der Waals surface area contributed by atoms with Crippen molar-refractivity contribution >= 4 is 0 Å². The summed E-state index contributed by atoms with van der Waals surface area (Å²) in [6.07, 6.45) is 5.34. The molecule has 96 valence electrons. The van der Waals surface area contributed by atoms with Crippen LogP contribution in [0.3, 0.4) is 0 Å². The molecule has 0 aromatic rings. The molecule has 1 aliphatic carbocycles. The van der Waals surface area contributed by atoms with Gasteiger partial charge in [0.25, 0.3) is 0 Å². The number of nitrogens with zero attached hydrogens (tertiary/aromatic N) is 1. The first-order valence-electron chi connectivity index (χ1n) is 6.80. The van der Waals surface area contributed by atoms with Crippen LogP contribution in [0.15, 0.2) is 0 Å². The first-order valence-corrected chi connectivity index (χ1v) is 6.80. The van der Waals surface area contributed by atoms with E-state index < -0.39 is 0 Å². The minimum atomic E-state index is 0.894. The minimum absolute atomic E-state index is 0.894. The Hall–Kier alpha value is -0.120. The van der Waals surface area contributed by atoms with Gasteiger partial charge in [0, 0.05) is 13.2 Å². The number of rotatable bonds is 11. The molecule has 1 saturated carbocycles. The van der Waals surface area contributed by atoms with E-state index in [1.165, 1.54) is 32.2 Å². The van der Waals surface area contributed by atoms with E-state index in [1.807, 2.05) is 0 Å². The van der Waals surface area contributed by atoms with Gasteiger partial charge in [0.1, 0.15) is 0 Å². The smallest absolute Gasteiger partial charge is 0.0593 e. The van der Waals surface area contributed by atoms with Gasteiger partial charge >= 0.3 is 0 Å². The van der Waals surface area contributed by atoms with Gasteiger partial charge < -0.3 is 15.0 Å². The van der Waals surface area contributed by atoms with Crippen LogP contribution in [0.5, 0.6) is 0 Å². The summed E-state index contributed by atoms with van der Waals surface area (Å²) in [5.41, 5.74) is 0. The predicted octanol–water partition coefficient (Wildman–Crippen LogP) is 1.73. The molecular weight excluding hydrogens is 200 g/mol. The lowest BCUT2D eigenvalue weighted by Crippen LogP contribution is -2.25. The summed E-state index contributed by atoms with van der Waals surface area (Å²) in [7, 11) is 2.19. The second-order valence-corrected chi connectivity index (χ2v) is 4.88. The van der Waals surface area contributed by atoms with Crippen molar-refractivity contribution < 1.29 is 4.74 Å². The maximum absolute atomic E-state index is 5.62. The van der Waals surface area contributed by atoms with Crippen LogP contribution < -0.4 is 5.32 Å². The molecule has 0 saturated heterocycles. The average molecular weight is 228 g/mol. The van der Waals surface area contributed by atoms with E-state index in [0.29, 0.717) is 0 Å². The van der Waals surface area contributed by atoms with Crippen molar-refractivity contribution in [2.24, 2.45) is 5.92 Å². The molecule has 0 amide bonds. The van der Waals surface area contributed by atoms with Crippen molar-refractivity contribution in [1.82, 2.24) is 10.2 Å². The monoisotopic (exact) mass is 228 g/mol. The molecule has 16 heavy (non-hydrogen) atoms. The summed E-state index contributed by atoms with van der Waals surface area (Å²) >= 11 is 0. The second kappa shape index (κ2) is 8.97. The molecule has 0 spiro atoms. The van der Waals surface area contributed by atoms with Crippen molar-refractivity contribution in [3.8, 4) is 0 Å². The summed E-state index contributed by atoms with van der Waals surface area (Å²) in [4.78, 5) is 2.37. The van der Waals surface area contributed by atoms with Crippen LogP contribution in [0.2, 0.25) is 0 Å². The molecular formula is C13H28N2O. The predicted molar refractivity (Wildman–Crippen MR) is 68.8 cm³/mol. The fraction of sp³-hybridized carbons (Fsp3) is 1.00. The number of ether oxygens (including phenoxy) is 1. The Bertz CT molecular complexity index is 160. The minimum Gasteiger partial charge on any atom is -0.380 e. The summed E-state index contributed by atoms with van der Waals surface area (Å²) in [5, 5.41) is 3.35. The third kappa shape index (κ3) is 8.08. The van der Waals surface area contributed by atoms with Gasteiger partial charge in [-0.2, -0.15) is 0 Å². The fourth-order valence-electron chi connectivity index (χ4n) is 1.68. The maximum atomic E-state index is 5.62. The molecule has 0 bridgehead atoms. The van der Waals surface area contributed by atoms with Crippen molar-refractivity contribution in [1.29, 1.82) is 0 Å². The number of likely N-dealkylation sites (N-methyl/N-ethyl adjacent to an activating group) is 1. The molecule has 1 aliphatic rings. The van der Waals surface area contributed by atoms with E-state index in [1.54, 1.807) is 0 Å². The van der Waals surface area contributed by atoms with Crippen LogP contribution in [0, 0.1) is 5.92 Å². The van der Waals surface area contributed by atoms with Crippen molar-refractivity contribution in [2.75, 3.05) is 46.4 Å². The van der Waals surface area contributed by atoms with Gasteiger partial charge in [-0.25, -0.2) is 0 Å². The molecule has 0 heterocycles. The Kier molecular flexibility index (Phi) is 7.81. The van der Waals surface area contributed by atoms with Crippen LogP contribution in [0.4, 0.5) is 0 Å². The van der Waals surface area contributed by atoms with Crippen LogP contribution in [0.25, 0.3) is 0 Å². The third-order valence-electron chi connectivity index (χ3n) is 3.06. The van der Waals surface area contributed by atoms with E-state index in [2.05, 4.69) is 24.2 Å². The van der Waals surface area contributed by atoms with E-state index in [0.717, 1.165) is 38.8 Å². The van der Waals surface area contributed by atoms with Gasteiger partial charge in [-0.15, -0.1) is 0 Å². The Morgan fingerprint density at radius 3 is 2.75 bits per heavy atom. The zero-order chi connectivity index (χ0) is 11.6. The van der Waals surface area contributed by atoms with Crippen LogP contribution in [-0.4, -0.2) is 51.3 Å². The van der Waals surface area contributed by atoms with Gasteiger partial charge in [0.2, 0.25) is 0 Å². The molecule has 0 aliphatic heterocycles. The molecule has 3 heteroatoms. The topological polar surface area (TPSA) is 24.5 Å². The highest BCUT2D eigenvalue weighted by molar-refractivity contribution is 4.71. The number of nitrogens with one attached hydrogen (secondary N) is 1. The van der Waals surface area contributed by atoms with Crippen LogP contribution in [0.1, 0.15) is 32.6 Å². The van der Waals surface area contributed by atoms with Gasteiger partial charge in [0.05, 0.1) is 6.61 Å². The number of unbranched alkanes of at least 4 members (excludes halogenated alkanes) is 1. The lowest BCUT2D eigenvalue weighted by Gasteiger charge is -2.16. The molecule has 0 aromatic carbocycles. The Balaban J connectivity index is 1.76. The van der Waals surface area contributed by atoms with Crippen LogP contribution in [-0.2, 0) is 4.74 Å². The van der Waals surface area contributed by atoms with E-state index >= 15 is 0 Å². The first kappa shape index (κ1) is 13.9. The highest BCUT2D eigenvalue weighted by Crippen LogP contribution is 2.28. The zero-order valence-electron chi connectivity index (χ0n) is 11.0. The van der Waals surface area contributed by atoms with Gasteiger partial charge in [0.15, 0.2) is 0 Å². The summed E-state index contributed by atoms with van der Waals surface area (Å²) in [6, 6.07) is 0.